The number of nitrogens with one attached hydrogen (secondary N) is 1. The van der Waals surface area contributed by atoms with E-state index in [1.165, 1.54) is 57.9 Å². The fourth-order valence-electron chi connectivity index (χ4n) is 2.18. The Hall–Kier alpha value is -0.0400. The zero-order valence-corrected chi connectivity index (χ0v) is 8.44. The highest BCUT2D eigenvalue weighted by Gasteiger charge is 2.09. The molecule has 0 bridgehead atoms. The summed E-state index contributed by atoms with van der Waals surface area (Å²) >= 11 is 0. The Bertz CT molecular complexity index is 90.4. The predicted molar refractivity (Wildman–Crippen MR) is 54.4 cm³/mol. The van der Waals surface area contributed by atoms with Crippen molar-refractivity contribution in [2.24, 2.45) is 5.92 Å². The van der Waals surface area contributed by atoms with Crippen molar-refractivity contribution in [3.05, 3.63) is 0 Å². The highest BCUT2D eigenvalue weighted by atomic mass is 14.8. The molecule has 1 heteroatoms. The van der Waals surface area contributed by atoms with E-state index < -0.39 is 0 Å². The second-order valence-corrected chi connectivity index (χ2v) is 4.10. The van der Waals surface area contributed by atoms with Crippen LogP contribution in [0.25, 0.3) is 0 Å². The van der Waals surface area contributed by atoms with Gasteiger partial charge >= 0.3 is 0 Å². The molecule has 0 aliphatic heterocycles. The first-order chi connectivity index (χ1) is 5.93. The molecule has 0 unspecified atom stereocenters. The van der Waals surface area contributed by atoms with Crippen LogP contribution in [0.15, 0.2) is 0 Å². The smallest absolute Gasteiger partial charge is 0.00493 e. The van der Waals surface area contributed by atoms with Gasteiger partial charge in [0, 0.05) is 0 Å². The molecule has 0 atom stereocenters. The maximum absolute atomic E-state index is 3.25. The average Bonchev–Trinajstić information content (AvgIpc) is 2.02. The average molecular weight is 169 g/mol. The van der Waals surface area contributed by atoms with E-state index in [0.29, 0.717) is 0 Å². The zero-order valence-electron chi connectivity index (χ0n) is 8.44. The molecule has 1 aliphatic carbocycles. The highest BCUT2D eigenvalue weighted by molar-refractivity contribution is 4.64. The molecule has 0 radical (unpaired) electrons. The summed E-state index contributed by atoms with van der Waals surface area (Å²) < 4.78 is 0. The monoisotopic (exact) mass is 169 g/mol. The van der Waals surface area contributed by atoms with Gasteiger partial charge in [0.25, 0.3) is 0 Å². The third kappa shape index (κ3) is 4.10. The van der Waals surface area contributed by atoms with Gasteiger partial charge in [-0.15, -0.1) is 0 Å². The first-order valence-corrected chi connectivity index (χ1v) is 5.58. The van der Waals surface area contributed by atoms with Gasteiger partial charge in [0.15, 0.2) is 0 Å². The van der Waals surface area contributed by atoms with E-state index in [2.05, 4.69) is 12.4 Å². The van der Waals surface area contributed by atoms with E-state index >= 15 is 0 Å². The SMILES string of the molecule is CNCCC1CCCCCCC1. The molecular weight excluding hydrogens is 146 g/mol. The molecule has 0 aromatic rings. The van der Waals surface area contributed by atoms with Crippen molar-refractivity contribution in [3.8, 4) is 0 Å². The summed E-state index contributed by atoms with van der Waals surface area (Å²) in [5, 5.41) is 3.25. The normalized spacial score (nSPS) is 21.8. The quantitative estimate of drug-likeness (QED) is 0.685. The number of hydrogen-bond acceptors (Lipinski definition) is 1. The van der Waals surface area contributed by atoms with Gasteiger partial charge in [0.1, 0.15) is 0 Å². The lowest BCUT2D eigenvalue weighted by atomic mass is 9.89. The molecule has 1 saturated carbocycles. The number of hydrogen-bond donors (Lipinski definition) is 1. The minimum Gasteiger partial charge on any atom is -0.320 e. The lowest BCUT2D eigenvalue weighted by Crippen LogP contribution is -2.14. The maximum Gasteiger partial charge on any atom is -0.00493 e. The summed E-state index contributed by atoms with van der Waals surface area (Å²) in [4.78, 5) is 0. The van der Waals surface area contributed by atoms with Crippen molar-refractivity contribution in [2.75, 3.05) is 13.6 Å². The van der Waals surface area contributed by atoms with Crippen LogP contribution in [0, 0.1) is 5.92 Å². The lowest BCUT2D eigenvalue weighted by molar-refractivity contribution is 0.356. The molecule has 1 aliphatic rings. The Morgan fingerprint density at radius 2 is 1.58 bits per heavy atom. The van der Waals surface area contributed by atoms with Crippen molar-refractivity contribution in [1.82, 2.24) is 5.32 Å². The molecule has 0 aromatic carbocycles. The van der Waals surface area contributed by atoms with Crippen LogP contribution in [0.3, 0.4) is 0 Å². The van der Waals surface area contributed by atoms with Crippen molar-refractivity contribution in [3.63, 3.8) is 0 Å². The van der Waals surface area contributed by atoms with E-state index in [4.69, 9.17) is 0 Å². The van der Waals surface area contributed by atoms with Crippen LogP contribution >= 0.6 is 0 Å². The zero-order chi connectivity index (χ0) is 8.65. The first kappa shape index (κ1) is 10.0. The van der Waals surface area contributed by atoms with E-state index in [9.17, 15) is 0 Å². The van der Waals surface area contributed by atoms with Crippen LogP contribution in [0.4, 0.5) is 0 Å². The van der Waals surface area contributed by atoms with E-state index in [1.54, 1.807) is 0 Å². The van der Waals surface area contributed by atoms with Crippen LogP contribution in [-0.2, 0) is 0 Å². The summed E-state index contributed by atoms with van der Waals surface area (Å²) in [6, 6.07) is 0. The van der Waals surface area contributed by atoms with Crippen molar-refractivity contribution in [1.29, 1.82) is 0 Å². The van der Waals surface area contributed by atoms with Crippen LogP contribution in [0.5, 0.6) is 0 Å². The number of rotatable bonds is 3. The molecule has 1 rings (SSSR count). The van der Waals surface area contributed by atoms with Gasteiger partial charge in [0.05, 0.1) is 0 Å². The topological polar surface area (TPSA) is 12.0 Å². The summed E-state index contributed by atoms with van der Waals surface area (Å²) in [7, 11) is 2.06. The molecule has 1 nitrogen and oxygen atoms in total. The van der Waals surface area contributed by atoms with Gasteiger partial charge in [-0.1, -0.05) is 44.9 Å². The molecule has 0 saturated heterocycles. The fourth-order valence-corrected chi connectivity index (χ4v) is 2.18. The van der Waals surface area contributed by atoms with Crippen molar-refractivity contribution >= 4 is 0 Å². The predicted octanol–water partition coefficient (Wildman–Crippen LogP) is 2.96. The molecule has 1 fully saturated rings. The van der Waals surface area contributed by atoms with Crippen molar-refractivity contribution in [2.45, 2.75) is 51.4 Å². The summed E-state index contributed by atoms with van der Waals surface area (Å²) in [6.07, 6.45) is 11.8. The van der Waals surface area contributed by atoms with Crippen LogP contribution in [0.1, 0.15) is 51.4 Å². The van der Waals surface area contributed by atoms with E-state index in [-0.39, 0.29) is 0 Å². The van der Waals surface area contributed by atoms with E-state index in [0.717, 1.165) is 5.92 Å². The third-order valence-electron chi connectivity index (χ3n) is 3.03. The van der Waals surface area contributed by atoms with Gasteiger partial charge in [0.2, 0.25) is 0 Å². The standard InChI is InChI=1S/C11H23N/c1-12-10-9-11-7-5-3-2-4-6-8-11/h11-12H,2-10H2,1H3. The molecule has 12 heavy (non-hydrogen) atoms. The second-order valence-electron chi connectivity index (χ2n) is 4.10. The Balaban J connectivity index is 2.11. The Morgan fingerprint density at radius 3 is 2.17 bits per heavy atom. The molecule has 1 N–H and O–H groups in total. The maximum atomic E-state index is 3.25. The molecule has 0 heterocycles. The largest absolute Gasteiger partial charge is 0.320 e. The van der Waals surface area contributed by atoms with E-state index in [1.807, 2.05) is 0 Å². The summed E-state index contributed by atoms with van der Waals surface area (Å²) in [6.45, 7) is 1.21. The molecule has 72 valence electrons. The Morgan fingerprint density at radius 1 is 1.00 bits per heavy atom. The van der Waals surface area contributed by atoms with Gasteiger partial charge < -0.3 is 5.32 Å². The second kappa shape index (κ2) is 6.47. The van der Waals surface area contributed by atoms with Crippen molar-refractivity contribution < 1.29 is 0 Å². The molecular formula is C11H23N. The summed E-state index contributed by atoms with van der Waals surface area (Å²) in [5.74, 6) is 1.03. The van der Waals surface area contributed by atoms with Crippen LogP contribution in [0.2, 0.25) is 0 Å². The fraction of sp³-hybridized carbons (Fsp3) is 1.00. The first-order valence-electron chi connectivity index (χ1n) is 5.58. The van der Waals surface area contributed by atoms with Gasteiger partial charge in [-0.25, -0.2) is 0 Å². The summed E-state index contributed by atoms with van der Waals surface area (Å²) in [5.41, 5.74) is 0. The molecule has 0 aromatic heterocycles. The Kier molecular flexibility index (Phi) is 5.42. The van der Waals surface area contributed by atoms with Gasteiger partial charge in [-0.2, -0.15) is 0 Å². The van der Waals surface area contributed by atoms with Gasteiger partial charge in [-0.05, 0) is 25.9 Å². The minimum atomic E-state index is 1.03. The van der Waals surface area contributed by atoms with Crippen LogP contribution < -0.4 is 5.32 Å². The Labute approximate surface area is 76.9 Å². The minimum absolute atomic E-state index is 1.03. The van der Waals surface area contributed by atoms with Gasteiger partial charge in [-0.3, -0.25) is 0 Å². The third-order valence-corrected chi connectivity index (χ3v) is 3.03. The van der Waals surface area contributed by atoms with Crippen LogP contribution in [-0.4, -0.2) is 13.6 Å². The lowest BCUT2D eigenvalue weighted by Gasteiger charge is -2.19. The molecule has 0 amide bonds. The molecule has 0 spiro atoms. The highest BCUT2D eigenvalue weighted by Crippen LogP contribution is 2.24.